The molecule has 0 unspecified atom stereocenters. The third-order valence-corrected chi connectivity index (χ3v) is 0. The minimum absolute atomic E-state index is 0. The first-order chi connectivity index (χ1) is 2.00. The summed E-state index contributed by atoms with van der Waals surface area (Å²) in [6.45, 7) is 0. The molecule has 0 aliphatic rings. The fourth-order valence-electron chi connectivity index (χ4n) is 0. The summed E-state index contributed by atoms with van der Waals surface area (Å²) in [5, 5.41) is 0. The molecule has 0 aromatic carbocycles. The van der Waals surface area contributed by atoms with Crippen LogP contribution in [-0.2, 0) is 9.15 Å². The molecule has 0 aromatic rings. The molecule has 0 aliphatic carbocycles. The second kappa shape index (κ2) is 5.36. The predicted octanol–water partition coefficient (Wildman–Crippen LogP) is -1.75. The Hall–Kier alpha value is 1.22. The zero-order valence-corrected chi connectivity index (χ0v) is 4.33. The van der Waals surface area contributed by atoms with E-state index in [1.54, 1.807) is 0 Å². The monoisotopic (exact) mass is 156 g/mol. The van der Waals surface area contributed by atoms with Gasteiger partial charge in [0.2, 0.25) is 0 Å². The maximum atomic E-state index is 9.05. The molecule has 7 heavy (non-hydrogen) atoms. The summed E-state index contributed by atoms with van der Waals surface area (Å²) in [5.74, 6) is 0. The molecule has 0 saturated carbocycles. The van der Waals surface area contributed by atoms with Crippen LogP contribution in [0.3, 0.4) is 0 Å². The van der Waals surface area contributed by atoms with Gasteiger partial charge in [-0.25, -0.2) is 0 Å². The van der Waals surface area contributed by atoms with Crippen LogP contribution < -0.4 is 0 Å². The van der Waals surface area contributed by atoms with Gasteiger partial charge in [0.1, 0.15) is 0 Å². The first kappa shape index (κ1) is 15.7. The van der Waals surface area contributed by atoms with E-state index in [9.17, 15) is 0 Å². The van der Waals surface area contributed by atoms with E-state index < -0.39 is 9.15 Å². The molecule has 4 nitrogen and oxygen atoms in total. The van der Waals surface area contributed by atoms with Gasteiger partial charge in [0, 0.05) is 0 Å². The second-order valence-corrected chi connectivity index (χ2v) is 2.73. The van der Waals surface area contributed by atoms with E-state index in [-0.39, 0.29) is 35.0 Å². The topological polar surface area (TPSA) is 85.9 Å². The van der Waals surface area contributed by atoms with Crippen molar-refractivity contribution in [1.82, 2.24) is 0 Å². The van der Waals surface area contributed by atoms with Gasteiger partial charge in [0.15, 0.2) is 0 Å². The molecular weight excluding hydrogens is 151 g/mol. The summed E-state index contributed by atoms with van der Waals surface area (Å²) in [4.78, 5) is 0. The molecular formula is H5NaO4S2. The van der Waals surface area contributed by atoms with Crippen LogP contribution in [0.2, 0.25) is 0 Å². The predicted molar refractivity (Wildman–Crippen MR) is 31.3 cm³/mol. The van der Waals surface area contributed by atoms with Crippen molar-refractivity contribution in [2.24, 2.45) is 0 Å². The van der Waals surface area contributed by atoms with Gasteiger partial charge in [-0.3, -0.25) is 4.55 Å². The Bertz CT molecular complexity index is 92.9. The van der Waals surface area contributed by atoms with Gasteiger partial charge in [-0.2, -0.15) is 8.42 Å². The van der Waals surface area contributed by atoms with Crippen LogP contribution in [0.15, 0.2) is 0 Å². The summed E-state index contributed by atoms with van der Waals surface area (Å²) in [7, 11) is -3.97. The van der Waals surface area contributed by atoms with Crippen LogP contribution in [0.25, 0.3) is 0 Å². The molecule has 0 aromatic heterocycles. The van der Waals surface area contributed by atoms with Gasteiger partial charge >= 0.3 is 38.7 Å². The van der Waals surface area contributed by atoms with Gasteiger partial charge in [0.25, 0.3) is 0 Å². The average molecular weight is 156 g/mol. The summed E-state index contributed by atoms with van der Waals surface area (Å²) >= 11 is 2.65. The maximum absolute atomic E-state index is 9.05. The van der Waals surface area contributed by atoms with Crippen molar-refractivity contribution in [3.05, 3.63) is 0 Å². The van der Waals surface area contributed by atoms with Gasteiger partial charge in [0.05, 0.1) is 0 Å². The SMILES string of the molecule is O.O=S(=O)(O)S.[NaH]. The quantitative estimate of drug-likeness (QED) is 0.189. The molecule has 0 amide bonds. The molecule has 42 valence electrons. The summed E-state index contributed by atoms with van der Waals surface area (Å²) in [5.41, 5.74) is 0. The second-order valence-electron chi connectivity index (χ2n) is 0.448. The van der Waals surface area contributed by atoms with Gasteiger partial charge in [-0.15, -0.1) is 0 Å². The van der Waals surface area contributed by atoms with Crippen molar-refractivity contribution in [3.8, 4) is 0 Å². The third kappa shape index (κ3) is 132. The Kier molecular flexibility index (Phi) is 12.0. The van der Waals surface area contributed by atoms with Crippen LogP contribution in [0.4, 0.5) is 0 Å². The molecule has 7 heteroatoms. The Labute approximate surface area is 68.5 Å². The van der Waals surface area contributed by atoms with Crippen molar-refractivity contribution >= 4 is 50.4 Å². The number of hydrogen-bond acceptors (Lipinski definition) is 2. The van der Waals surface area contributed by atoms with E-state index in [0.717, 1.165) is 0 Å². The number of thiol groups is 1. The summed E-state index contributed by atoms with van der Waals surface area (Å²) < 4.78 is 25.5. The van der Waals surface area contributed by atoms with Crippen molar-refractivity contribution in [1.29, 1.82) is 0 Å². The molecule has 0 aliphatic heterocycles. The van der Waals surface area contributed by atoms with Crippen molar-refractivity contribution in [3.63, 3.8) is 0 Å². The fraction of sp³-hybridized carbons (Fsp3) is 0. The van der Waals surface area contributed by atoms with E-state index in [4.69, 9.17) is 13.0 Å². The van der Waals surface area contributed by atoms with Crippen LogP contribution >= 0.6 is 11.7 Å². The molecule has 0 atom stereocenters. The van der Waals surface area contributed by atoms with E-state index in [2.05, 4.69) is 11.7 Å². The first-order valence-electron chi connectivity index (χ1n) is 0.698. The molecule has 0 spiro atoms. The van der Waals surface area contributed by atoms with Crippen molar-refractivity contribution in [2.45, 2.75) is 0 Å². The number of rotatable bonds is 0. The van der Waals surface area contributed by atoms with Gasteiger partial charge in [-0.1, -0.05) is 0 Å². The standard InChI is InChI=1S/Na.H2O3S2.H2O.H/c;1-5(2,3)4;;/h;(H2,1,2,3,4);1H2;. The fourth-order valence-corrected chi connectivity index (χ4v) is 0. The Morgan fingerprint density at radius 1 is 1.43 bits per heavy atom. The first-order valence-corrected chi connectivity index (χ1v) is 3.19. The van der Waals surface area contributed by atoms with E-state index >= 15 is 0 Å². The molecule has 0 heterocycles. The third-order valence-electron chi connectivity index (χ3n) is 0. The molecule has 0 saturated heterocycles. The number of hydrogen-bond donors (Lipinski definition) is 2. The van der Waals surface area contributed by atoms with Crippen LogP contribution in [0.5, 0.6) is 0 Å². The van der Waals surface area contributed by atoms with E-state index in [0.29, 0.717) is 0 Å². The molecule has 0 bridgehead atoms. The zero-order chi connectivity index (χ0) is 4.50. The summed E-state index contributed by atoms with van der Waals surface area (Å²) in [6.07, 6.45) is 0. The normalized spacial score (nSPS) is 8.29. The molecule has 3 N–H and O–H groups in total. The average Bonchev–Trinajstić information content (AvgIpc) is 0.722. The Morgan fingerprint density at radius 2 is 1.43 bits per heavy atom. The zero-order valence-electron chi connectivity index (χ0n) is 2.62. The Morgan fingerprint density at radius 3 is 1.43 bits per heavy atom. The van der Waals surface area contributed by atoms with Crippen LogP contribution in [-0.4, -0.2) is 48.0 Å². The van der Waals surface area contributed by atoms with E-state index in [1.165, 1.54) is 0 Å². The molecule has 0 fully saturated rings. The van der Waals surface area contributed by atoms with Crippen molar-refractivity contribution < 1.29 is 18.4 Å². The Balaban J connectivity index is -0.0000000800. The van der Waals surface area contributed by atoms with Crippen molar-refractivity contribution in [2.75, 3.05) is 0 Å². The van der Waals surface area contributed by atoms with Crippen LogP contribution in [0.1, 0.15) is 0 Å². The van der Waals surface area contributed by atoms with Crippen LogP contribution in [0, 0.1) is 0 Å². The minimum atomic E-state index is -3.97. The van der Waals surface area contributed by atoms with Gasteiger partial charge in [-0.05, 0) is 11.7 Å². The van der Waals surface area contributed by atoms with E-state index in [1.807, 2.05) is 0 Å². The molecule has 0 rings (SSSR count). The van der Waals surface area contributed by atoms with Gasteiger partial charge < -0.3 is 5.48 Å². The molecule has 0 radical (unpaired) electrons. The summed E-state index contributed by atoms with van der Waals surface area (Å²) in [6, 6.07) is 0.